The lowest BCUT2D eigenvalue weighted by Crippen LogP contribution is -2.19. The average molecular weight is 270 g/mol. The lowest BCUT2D eigenvalue weighted by molar-refractivity contribution is -0.116. The minimum Gasteiger partial charge on any atom is -0.381 e. The third-order valence-electron chi connectivity index (χ3n) is 2.90. The Morgan fingerprint density at radius 1 is 1.45 bits per heavy atom. The van der Waals surface area contributed by atoms with Crippen molar-refractivity contribution in [2.24, 2.45) is 0 Å². The Kier molecular flexibility index (Phi) is 2.86. The van der Waals surface area contributed by atoms with Crippen LogP contribution in [0.2, 0.25) is 0 Å². The molecule has 1 amide bonds. The minimum atomic E-state index is -0.179. The number of aryl methyl sites for hydroxylation is 1. The van der Waals surface area contributed by atoms with Crippen molar-refractivity contribution in [2.45, 2.75) is 13.5 Å². The summed E-state index contributed by atoms with van der Waals surface area (Å²) in [6.07, 6.45) is 1.51. The van der Waals surface area contributed by atoms with Crippen molar-refractivity contribution < 1.29 is 4.79 Å². The van der Waals surface area contributed by atoms with E-state index in [0.29, 0.717) is 5.82 Å². The first-order valence-electron chi connectivity index (χ1n) is 6.15. The van der Waals surface area contributed by atoms with Gasteiger partial charge < -0.3 is 16.0 Å². The van der Waals surface area contributed by atoms with Crippen LogP contribution in [0, 0.1) is 6.92 Å². The van der Waals surface area contributed by atoms with Crippen molar-refractivity contribution in [3.05, 3.63) is 36.2 Å². The Balaban J connectivity index is 1.73. The van der Waals surface area contributed by atoms with Crippen LogP contribution in [0.25, 0.3) is 10.9 Å². The highest BCUT2D eigenvalue weighted by molar-refractivity contribution is 5.93. The van der Waals surface area contributed by atoms with Crippen LogP contribution in [0.15, 0.2) is 30.5 Å². The van der Waals surface area contributed by atoms with E-state index in [1.54, 1.807) is 0 Å². The summed E-state index contributed by atoms with van der Waals surface area (Å²) in [4.78, 5) is 15.1. The van der Waals surface area contributed by atoms with Crippen molar-refractivity contribution in [2.75, 3.05) is 11.1 Å². The fourth-order valence-electron chi connectivity index (χ4n) is 2.09. The summed E-state index contributed by atoms with van der Waals surface area (Å²) in [7, 11) is 0. The Morgan fingerprint density at radius 3 is 3.05 bits per heavy atom. The fraction of sp³-hybridized carbons (Fsp3) is 0.154. The highest BCUT2D eigenvalue weighted by Crippen LogP contribution is 2.19. The second-order valence-corrected chi connectivity index (χ2v) is 4.64. The van der Waals surface area contributed by atoms with Crippen molar-refractivity contribution in [1.29, 1.82) is 0 Å². The topological polar surface area (TPSA) is 102 Å². The number of nitrogens with one attached hydrogen (secondary N) is 2. The van der Waals surface area contributed by atoms with Crippen LogP contribution in [-0.2, 0) is 11.3 Å². The summed E-state index contributed by atoms with van der Waals surface area (Å²) >= 11 is 0. The van der Waals surface area contributed by atoms with Crippen molar-refractivity contribution >= 4 is 28.3 Å². The van der Waals surface area contributed by atoms with Gasteiger partial charge in [0.15, 0.2) is 5.82 Å². The molecule has 0 aliphatic carbocycles. The van der Waals surface area contributed by atoms with Crippen LogP contribution >= 0.6 is 0 Å². The summed E-state index contributed by atoms with van der Waals surface area (Å²) in [6.45, 7) is 2.07. The van der Waals surface area contributed by atoms with E-state index in [4.69, 9.17) is 5.73 Å². The molecule has 0 radical (unpaired) electrons. The molecule has 2 aromatic heterocycles. The number of benzene rings is 1. The van der Waals surface area contributed by atoms with E-state index < -0.39 is 0 Å². The van der Waals surface area contributed by atoms with Gasteiger partial charge in [0.05, 0.1) is 6.20 Å². The number of fused-ring (bicyclic) bond motifs is 1. The van der Waals surface area contributed by atoms with E-state index in [0.717, 1.165) is 22.3 Å². The largest absolute Gasteiger partial charge is 0.381 e. The first-order chi connectivity index (χ1) is 9.60. The number of carbonyl (C=O) groups excluding carboxylic acids is 1. The fourth-order valence-corrected chi connectivity index (χ4v) is 2.09. The second kappa shape index (κ2) is 4.69. The molecule has 102 valence electrons. The highest BCUT2D eigenvalue weighted by atomic mass is 16.2. The lowest BCUT2D eigenvalue weighted by Gasteiger charge is -2.05. The number of rotatable bonds is 3. The van der Waals surface area contributed by atoms with E-state index in [1.807, 2.05) is 31.2 Å². The molecular weight excluding hydrogens is 256 g/mol. The maximum absolute atomic E-state index is 11.9. The standard InChI is InChI=1S/C13H14N6O/c1-8-4-9-5-10(2-3-11(9)15-8)16-13(20)7-19-6-12(14)17-18-19/h2-6,15H,7,14H2,1H3,(H,16,20). The van der Waals surface area contributed by atoms with Crippen molar-refractivity contribution in [3.63, 3.8) is 0 Å². The number of hydrogen-bond acceptors (Lipinski definition) is 4. The van der Waals surface area contributed by atoms with Crippen LogP contribution in [0.3, 0.4) is 0 Å². The van der Waals surface area contributed by atoms with Crippen LogP contribution in [0.5, 0.6) is 0 Å². The predicted octanol–water partition coefficient (Wildman–Crippen LogP) is 1.29. The second-order valence-electron chi connectivity index (χ2n) is 4.64. The number of aromatic amines is 1. The monoisotopic (exact) mass is 270 g/mol. The van der Waals surface area contributed by atoms with Crippen LogP contribution in [-0.4, -0.2) is 25.9 Å². The molecule has 0 atom stereocenters. The minimum absolute atomic E-state index is 0.0778. The molecule has 7 nitrogen and oxygen atoms in total. The average Bonchev–Trinajstić information content (AvgIpc) is 2.93. The number of H-pyrrole nitrogens is 1. The number of hydrogen-bond donors (Lipinski definition) is 3. The molecule has 0 spiro atoms. The maximum atomic E-state index is 11.9. The highest BCUT2D eigenvalue weighted by Gasteiger charge is 2.06. The van der Waals surface area contributed by atoms with Crippen LogP contribution < -0.4 is 11.1 Å². The third-order valence-corrected chi connectivity index (χ3v) is 2.90. The Morgan fingerprint density at radius 2 is 2.30 bits per heavy atom. The molecule has 3 rings (SSSR count). The number of nitrogen functional groups attached to an aromatic ring is 1. The van der Waals surface area contributed by atoms with Gasteiger partial charge in [0.1, 0.15) is 6.54 Å². The zero-order valence-electron chi connectivity index (χ0n) is 10.9. The maximum Gasteiger partial charge on any atom is 0.246 e. The van der Waals surface area contributed by atoms with Gasteiger partial charge >= 0.3 is 0 Å². The van der Waals surface area contributed by atoms with Crippen LogP contribution in [0.1, 0.15) is 5.69 Å². The molecular formula is C13H14N6O. The molecule has 7 heteroatoms. The Bertz CT molecular complexity index is 772. The summed E-state index contributed by atoms with van der Waals surface area (Å²) in [5.41, 5.74) is 8.32. The molecule has 3 aromatic rings. The van der Waals surface area contributed by atoms with Gasteiger partial charge in [-0.15, -0.1) is 5.10 Å². The molecule has 0 unspecified atom stereocenters. The molecule has 2 heterocycles. The van der Waals surface area contributed by atoms with E-state index >= 15 is 0 Å². The molecule has 0 saturated carbocycles. The van der Waals surface area contributed by atoms with Gasteiger partial charge in [-0.3, -0.25) is 4.79 Å². The Labute approximate surface area is 114 Å². The van der Waals surface area contributed by atoms with Gasteiger partial charge in [-0.2, -0.15) is 0 Å². The number of anilines is 2. The first kappa shape index (κ1) is 12.2. The van der Waals surface area contributed by atoms with Gasteiger partial charge in [-0.25, -0.2) is 4.68 Å². The molecule has 1 aromatic carbocycles. The molecule has 20 heavy (non-hydrogen) atoms. The smallest absolute Gasteiger partial charge is 0.246 e. The lowest BCUT2D eigenvalue weighted by atomic mass is 10.2. The third kappa shape index (κ3) is 2.46. The van der Waals surface area contributed by atoms with Crippen molar-refractivity contribution in [3.8, 4) is 0 Å². The molecule has 0 fully saturated rings. The van der Waals surface area contributed by atoms with E-state index in [-0.39, 0.29) is 12.5 Å². The molecule has 0 bridgehead atoms. The molecule has 0 aliphatic heterocycles. The zero-order valence-corrected chi connectivity index (χ0v) is 10.9. The van der Waals surface area contributed by atoms with E-state index in [9.17, 15) is 4.79 Å². The summed E-state index contributed by atoms with van der Waals surface area (Å²) in [5.74, 6) is 0.114. The predicted molar refractivity (Wildman–Crippen MR) is 76.1 cm³/mol. The van der Waals surface area contributed by atoms with E-state index in [1.165, 1.54) is 10.9 Å². The number of nitrogens with zero attached hydrogens (tertiary/aromatic N) is 3. The molecule has 0 aliphatic rings. The SMILES string of the molecule is Cc1cc2cc(NC(=O)Cn3cc(N)nn3)ccc2[nH]1. The van der Waals surface area contributed by atoms with E-state index in [2.05, 4.69) is 20.6 Å². The number of carbonyl (C=O) groups is 1. The molecule has 4 N–H and O–H groups in total. The Hall–Kier alpha value is -2.83. The number of aromatic nitrogens is 4. The number of nitrogens with two attached hydrogens (primary N) is 1. The van der Waals surface area contributed by atoms with Gasteiger partial charge in [0, 0.05) is 22.3 Å². The summed E-state index contributed by atoms with van der Waals surface area (Å²) in [5, 5.41) is 11.2. The first-order valence-corrected chi connectivity index (χ1v) is 6.15. The van der Waals surface area contributed by atoms with Crippen LogP contribution in [0.4, 0.5) is 11.5 Å². The summed E-state index contributed by atoms with van der Waals surface area (Å²) < 4.78 is 1.39. The quantitative estimate of drug-likeness (QED) is 0.667. The zero-order chi connectivity index (χ0) is 14.1. The number of amides is 1. The van der Waals surface area contributed by atoms with Gasteiger partial charge in [-0.1, -0.05) is 5.21 Å². The molecule has 0 saturated heterocycles. The van der Waals surface area contributed by atoms with Gasteiger partial charge in [-0.05, 0) is 31.2 Å². The normalized spacial score (nSPS) is 10.8. The van der Waals surface area contributed by atoms with Gasteiger partial charge in [0.2, 0.25) is 5.91 Å². The van der Waals surface area contributed by atoms with Gasteiger partial charge in [0.25, 0.3) is 0 Å². The van der Waals surface area contributed by atoms with Crippen molar-refractivity contribution in [1.82, 2.24) is 20.0 Å². The summed E-state index contributed by atoms with van der Waals surface area (Å²) in [6, 6.07) is 7.74.